The van der Waals surface area contributed by atoms with Crippen LogP contribution in [0.4, 0.5) is 29.3 Å². The molecule has 3 N–H and O–H groups in total. The Labute approximate surface area is 200 Å². The van der Waals surface area contributed by atoms with E-state index in [9.17, 15) is 28.0 Å². The third kappa shape index (κ3) is 5.49. The lowest BCUT2D eigenvalue weighted by atomic mass is 10.1. The molecule has 0 bridgehead atoms. The molecule has 0 aliphatic rings. The summed E-state index contributed by atoms with van der Waals surface area (Å²) in [5, 5.41) is 29.2. The van der Waals surface area contributed by atoms with Crippen LogP contribution in [0.25, 0.3) is 5.69 Å². The standard InChI is InChI=1S/C22H15F3N6O5/c23-22(24,25)13-1-6-18(30-12-26-11-27-30)17(9-13)29-21(34)28-14-2-4-15(5-3-14)36-16-7-8-31(35)19(10-16)20(32)33/h1-12H,(H,32,33)(H2,28,29,34). The summed E-state index contributed by atoms with van der Waals surface area (Å²) in [6.45, 7) is 0. The van der Waals surface area contributed by atoms with Gasteiger partial charge in [-0.3, -0.25) is 0 Å². The lowest BCUT2D eigenvalue weighted by Gasteiger charge is -2.15. The van der Waals surface area contributed by atoms with Crippen LogP contribution in [0.5, 0.6) is 11.5 Å². The number of hydrogen-bond acceptors (Lipinski definition) is 6. The van der Waals surface area contributed by atoms with Crippen LogP contribution in [-0.2, 0) is 6.18 Å². The minimum atomic E-state index is -4.62. The molecule has 0 atom stereocenters. The minimum Gasteiger partial charge on any atom is -0.618 e. The van der Waals surface area contributed by atoms with Gasteiger partial charge in [-0.05, 0) is 42.5 Å². The minimum absolute atomic E-state index is 0.100. The van der Waals surface area contributed by atoms with Crippen LogP contribution >= 0.6 is 0 Å². The third-order valence-electron chi connectivity index (χ3n) is 4.70. The van der Waals surface area contributed by atoms with Crippen molar-refractivity contribution in [3.8, 4) is 17.2 Å². The van der Waals surface area contributed by atoms with Gasteiger partial charge in [0.15, 0.2) is 6.20 Å². The summed E-state index contributed by atoms with van der Waals surface area (Å²) in [4.78, 5) is 27.3. The van der Waals surface area contributed by atoms with Crippen molar-refractivity contribution in [2.24, 2.45) is 0 Å². The summed E-state index contributed by atoms with van der Waals surface area (Å²) in [5.41, 5.74) is -1.19. The summed E-state index contributed by atoms with van der Waals surface area (Å²) >= 11 is 0. The van der Waals surface area contributed by atoms with Crippen molar-refractivity contribution in [2.75, 3.05) is 10.6 Å². The number of nitrogens with one attached hydrogen (secondary N) is 2. The fourth-order valence-corrected chi connectivity index (χ4v) is 3.06. The second-order valence-electron chi connectivity index (χ2n) is 7.15. The number of hydrogen-bond donors (Lipinski definition) is 3. The molecule has 4 aromatic rings. The van der Waals surface area contributed by atoms with Crippen molar-refractivity contribution in [1.29, 1.82) is 0 Å². The molecular weight excluding hydrogens is 485 g/mol. The first-order valence-electron chi connectivity index (χ1n) is 9.99. The zero-order valence-corrected chi connectivity index (χ0v) is 17.9. The van der Waals surface area contributed by atoms with Crippen LogP contribution in [-0.4, -0.2) is 31.9 Å². The number of nitrogens with zero attached hydrogens (tertiary/aromatic N) is 4. The molecule has 0 fully saturated rings. The molecule has 0 radical (unpaired) electrons. The second-order valence-corrected chi connectivity index (χ2v) is 7.15. The predicted octanol–water partition coefficient (Wildman–Crippen LogP) is 4.05. The van der Waals surface area contributed by atoms with E-state index in [4.69, 9.17) is 9.84 Å². The highest BCUT2D eigenvalue weighted by atomic mass is 19.4. The maximum absolute atomic E-state index is 13.2. The van der Waals surface area contributed by atoms with E-state index in [1.807, 2.05) is 0 Å². The summed E-state index contributed by atoms with van der Waals surface area (Å²) in [6, 6.07) is 10.1. The average Bonchev–Trinajstić information content (AvgIpc) is 3.35. The van der Waals surface area contributed by atoms with E-state index in [0.29, 0.717) is 0 Å². The van der Waals surface area contributed by atoms with Crippen LogP contribution < -0.4 is 20.1 Å². The molecule has 0 spiro atoms. The quantitative estimate of drug-likeness (QED) is 0.267. The molecular formula is C22H15F3N6O5. The van der Waals surface area contributed by atoms with Gasteiger partial charge in [-0.25, -0.2) is 19.3 Å². The normalized spacial score (nSPS) is 11.1. The lowest BCUT2D eigenvalue weighted by Crippen LogP contribution is -2.33. The summed E-state index contributed by atoms with van der Waals surface area (Å²) in [7, 11) is 0. The summed E-state index contributed by atoms with van der Waals surface area (Å²) < 4.78 is 46.4. The number of benzene rings is 2. The molecule has 184 valence electrons. The van der Waals surface area contributed by atoms with Gasteiger partial charge >= 0.3 is 23.9 Å². The molecule has 0 saturated carbocycles. The molecule has 2 amide bonds. The van der Waals surface area contributed by atoms with Crippen molar-refractivity contribution in [2.45, 2.75) is 6.18 Å². The van der Waals surface area contributed by atoms with E-state index >= 15 is 0 Å². The number of pyridine rings is 1. The lowest BCUT2D eigenvalue weighted by molar-refractivity contribution is -0.608. The first-order chi connectivity index (χ1) is 17.1. The van der Waals surface area contributed by atoms with Crippen molar-refractivity contribution in [3.05, 3.63) is 89.9 Å². The number of carboxylic acid groups (broad SMARTS) is 1. The molecule has 14 heteroatoms. The van der Waals surface area contributed by atoms with E-state index < -0.39 is 29.4 Å². The first-order valence-corrected chi connectivity index (χ1v) is 9.99. The Morgan fingerprint density at radius 1 is 1.03 bits per heavy atom. The van der Waals surface area contributed by atoms with Crippen molar-refractivity contribution in [1.82, 2.24) is 14.8 Å². The van der Waals surface area contributed by atoms with E-state index in [1.54, 1.807) is 0 Å². The van der Waals surface area contributed by atoms with E-state index in [-0.39, 0.29) is 33.3 Å². The molecule has 36 heavy (non-hydrogen) atoms. The van der Waals surface area contributed by atoms with Crippen molar-refractivity contribution in [3.63, 3.8) is 0 Å². The van der Waals surface area contributed by atoms with Gasteiger partial charge in [0, 0.05) is 11.8 Å². The van der Waals surface area contributed by atoms with Crippen LogP contribution in [0.15, 0.2) is 73.4 Å². The molecule has 4 rings (SSSR count). The Balaban J connectivity index is 1.47. The SMILES string of the molecule is O=C(Nc1ccc(Oc2cc[n+]([O-])c(C(=O)O)c2)cc1)Nc1cc(C(F)(F)F)ccc1-n1cncn1. The monoisotopic (exact) mass is 500 g/mol. The molecule has 11 nitrogen and oxygen atoms in total. The zero-order chi connectivity index (χ0) is 25.9. The summed E-state index contributed by atoms with van der Waals surface area (Å²) in [6.07, 6.45) is -1.17. The smallest absolute Gasteiger partial charge is 0.416 e. The maximum atomic E-state index is 13.2. The van der Waals surface area contributed by atoms with E-state index in [1.165, 1.54) is 47.7 Å². The van der Waals surface area contributed by atoms with E-state index in [0.717, 1.165) is 30.5 Å². The second kappa shape index (κ2) is 9.61. The number of carbonyl (C=O) groups is 2. The number of carboxylic acids is 1. The zero-order valence-electron chi connectivity index (χ0n) is 17.9. The number of urea groups is 1. The van der Waals surface area contributed by atoms with Gasteiger partial charge in [0.25, 0.3) is 0 Å². The van der Waals surface area contributed by atoms with Crippen LogP contribution in [0.3, 0.4) is 0 Å². The Morgan fingerprint density at radius 2 is 1.78 bits per heavy atom. The van der Waals surface area contributed by atoms with Gasteiger partial charge in [-0.15, -0.1) is 0 Å². The predicted molar refractivity (Wildman–Crippen MR) is 118 cm³/mol. The highest BCUT2D eigenvalue weighted by Crippen LogP contribution is 2.33. The molecule has 2 aromatic heterocycles. The number of anilines is 2. The number of aromatic nitrogens is 4. The van der Waals surface area contributed by atoms with Gasteiger partial charge in [-0.1, -0.05) is 0 Å². The fraction of sp³-hybridized carbons (Fsp3) is 0.0455. The number of alkyl halides is 3. The Kier molecular flexibility index (Phi) is 6.41. The number of aromatic carboxylic acids is 1. The topological polar surface area (TPSA) is 145 Å². The van der Waals surface area contributed by atoms with Crippen molar-refractivity contribution >= 4 is 23.4 Å². The van der Waals surface area contributed by atoms with Crippen molar-refractivity contribution < 1.29 is 37.3 Å². The van der Waals surface area contributed by atoms with Gasteiger partial charge in [0.2, 0.25) is 0 Å². The van der Waals surface area contributed by atoms with Gasteiger partial charge in [-0.2, -0.15) is 23.0 Å². The third-order valence-corrected chi connectivity index (χ3v) is 4.70. The molecule has 0 saturated heterocycles. The largest absolute Gasteiger partial charge is 0.618 e. The molecule has 0 unspecified atom stereocenters. The summed E-state index contributed by atoms with van der Waals surface area (Å²) in [5.74, 6) is -1.05. The molecule has 2 aromatic carbocycles. The van der Waals surface area contributed by atoms with Gasteiger partial charge < -0.3 is 25.7 Å². The van der Waals surface area contributed by atoms with Crippen LogP contribution in [0, 0.1) is 5.21 Å². The Bertz CT molecular complexity index is 1410. The number of carbonyl (C=O) groups excluding carboxylic acids is 1. The Morgan fingerprint density at radius 3 is 2.42 bits per heavy atom. The fourth-order valence-electron chi connectivity index (χ4n) is 3.06. The number of halogens is 3. The van der Waals surface area contributed by atoms with Crippen LogP contribution in [0.2, 0.25) is 0 Å². The van der Waals surface area contributed by atoms with E-state index in [2.05, 4.69) is 20.7 Å². The molecule has 0 aliphatic heterocycles. The highest BCUT2D eigenvalue weighted by Gasteiger charge is 2.31. The number of amides is 2. The van der Waals surface area contributed by atoms with Crippen LogP contribution in [0.1, 0.15) is 16.1 Å². The highest BCUT2D eigenvalue weighted by molar-refractivity contribution is 6.01. The average molecular weight is 500 g/mol. The van der Waals surface area contributed by atoms with Gasteiger partial charge in [0.05, 0.1) is 23.0 Å². The first kappa shape index (κ1) is 24.0. The number of rotatable bonds is 6. The molecule has 0 aliphatic carbocycles. The van der Waals surface area contributed by atoms with Gasteiger partial charge in [0.1, 0.15) is 24.2 Å². The maximum Gasteiger partial charge on any atom is 0.416 e. The molecule has 2 heterocycles. The number of ether oxygens (including phenoxy) is 1. The Hall–Kier alpha value is -5.14.